The van der Waals surface area contributed by atoms with Crippen LogP contribution in [0.1, 0.15) is 12.0 Å². The molecule has 0 unspecified atom stereocenters. The summed E-state index contributed by atoms with van der Waals surface area (Å²) in [6.45, 7) is 2.43. The fourth-order valence-electron chi connectivity index (χ4n) is 1.59. The zero-order valence-electron chi connectivity index (χ0n) is 11.2. The van der Waals surface area contributed by atoms with Crippen LogP contribution in [0.5, 0.6) is 11.5 Å². The van der Waals surface area contributed by atoms with E-state index in [1.165, 1.54) is 7.11 Å². The van der Waals surface area contributed by atoms with Crippen molar-refractivity contribution in [3.63, 3.8) is 0 Å². The first kappa shape index (κ1) is 14.2. The van der Waals surface area contributed by atoms with Crippen molar-refractivity contribution in [2.75, 3.05) is 33.2 Å². The molecule has 0 spiro atoms. The number of rotatable bonds is 6. The summed E-state index contributed by atoms with van der Waals surface area (Å²) in [6.07, 6.45) is 0.301. The zero-order chi connectivity index (χ0) is 13.5. The van der Waals surface area contributed by atoms with Gasteiger partial charge < -0.3 is 19.5 Å². The summed E-state index contributed by atoms with van der Waals surface area (Å²) in [5.41, 5.74) is 1.79. The second-order valence-corrected chi connectivity index (χ2v) is 3.78. The maximum Gasteiger partial charge on any atom is 0.307 e. The number of hydrogen-bond acceptors (Lipinski definition) is 5. The van der Waals surface area contributed by atoms with Crippen molar-refractivity contribution in [2.45, 2.75) is 13.3 Å². The molecule has 0 fully saturated rings. The van der Waals surface area contributed by atoms with Crippen molar-refractivity contribution in [3.05, 3.63) is 17.7 Å². The van der Waals surface area contributed by atoms with E-state index in [0.717, 1.165) is 22.7 Å². The fraction of sp³-hybridized carbons (Fsp3) is 0.462. The molecule has 0 saturated carbocycles. The summed E-state index contributed by atoms with van der Waals surface area (Å²) in [4.78, 5) is 11.0. The Hall–Kier alpha value is -1.91. The molecule has 1 aromatic rings. The average molecular weight is 253 g/mol. The summed E-state index contributed by atoms with van der Waals surface area (Å²) in [6, 6.07) is 3.74. The summed E-state index contributed by atoms with van der Waals surface area (Å²) >= 11 is 0. The molecule has 1 aromatic carbocycles. The van der Waals surface area contributed by atoms with E-state index in [1.807, 2.05) is 19.1 Å². The van der Waals surface area contributed by atoms with Crippen molar-refractivity contribution in [3.8, 4) is 11.5 Å². The molecule has 0 saturated heterocycles. The second-order valence-electron chi connectivity index (χ2n) is 3.78. The lowest BCUT2D eigenvalue weighted by atomic mass is 10.2. The molecule has 18 heavy (non-hydrogen) atoms. The van der Waals surface area contributed by atoms with Crippen molar-refractivity contribution in [1.29, 1.82) is 0 Å². The van der Waals surface area contributed by atoms with E-state index in [2.05, 4.69) is 10.1 Å². The number of ether oxygens (including phenoxy) is 3. The molecule has 0 bridgehead atoms. The molecular formula is C13H19NO4. The zero-order valence-corrected chi connectivity index (χ0v) is 11.2. The molecule has 0 aromatic heterocycles. The Labute approximate surface area is 107 Å². The van der Waals surface area contributed by atoms with E-state index in [-0.39, 0.29) is 5.97 Å². The third-order valence-electron chi connectivity index (χ3n) is 2.59. The van der Waals surface area contributed by atoms with Crippen LogP contribution in [0, 0.1) is 6.92 Å². The van der Waals surface area contributed by atoms with Crippen LogP contribution in [0.4, 0.5) is 5.69 Å². The van der Waals surface area contributed by atoms with Crippen LogP contribution in [0.15, 0.2) is 12.1 Å². The minimum absolute atomic E-state index is 0.249. The van der Waals surface area contributed by atoms with Crippen LogP contribution in [0.2, 0.25) is 0 Å². The number of carbonyl (C=O) groups excluding carboxylic acids is 1. The lowest BCUT2D eigenvalue weighted by molar-refractivity contribution is -0.140. The predicted octanol–water partition coefficient (Wildman–Crippen LogP) is 1.99. The Morgan fingerprint density at radius 3 is 2.39 bits per heavy atom. The normalized spacial score (nSPS) is 9.78. The van der Waals surface area contributed by atoms with Crippen molar-refractivity contribution in [1.82, 2.24) is 0 Å². The van der Waals surface area contributed by atoms with Gasteiger partial charge in [-0.3, -0.25) is 4.79 Å². The van der Waals surface area contributed by atoms with Crippen molar-refractivity contribution >= 4 is 11.7 Å². The Morgan fingerprint density at radius 2 is 1.83 bits per heavy atom. The number of benzene rings is 1. The van der Waals surface area contributed by atoms with Crippen molar-refractivity contribution in [2.24, 2.45) is 0 Å². The lowest BCUT2D eigenvalue weighted by Crippen LogP contribution is -2.10. The Morgan fingerprint density at radius 1 is 1.17 bits per heavy atom. The highest BCUT2D eigenvalue weighted by atomic mass is 16.5. The summed E-state index contributed by atoms with van der Waals surface area (Å²) in [5, 5.41) is 3.13. The number of anilines is 1. The number of aryl methyl sites for hydroxylation is 1. The van der Waals surface area contributed by atoms with Crippen LogP contribution in [-0.4, -0.2) is 33.8 Å². The number of nitrogens with one attached hydrogen (secondary N) is 1. The molecule has 1 rings (SSSR count). The Kier molecular flexibility index (Phi) is 5.30. The molecule has 1 N–H and O–H groups in total. The first-order valence-corrected chi connectivity index (χ1v) is 5.65. The highest BCUT2D eigenvalue weighted by Crippen LogP contribution is 2.32. The molecule has 0 aliphatic rings. The lowest BCUT2D eigenvalue weighted by Gasteiger charge is -2.14. The van der Waals surface area contributed by atoms with Gasteiger partial charge in [0.2, 0.25) is 0 Å². The molecule has 0 amide bonds. The van der Waals surface area contributed by atoms with E-state index < -0.39 is 0 Å². The van der Waals surface area contributed by atoms with Gasteiger partial charge in [0.1, 0.15) is 11.5 Å². The standard InChI is InChI=1S/C13H19NO4/c1-9-7-12(17-3)10(8-11(9)16-2)14-6-5-13(15)18-4/h7-8,14H,5-6H2,1-4H3. The van der Waals surface area contributed by atoms with Crippen LogP contribution >= 0.6 is 0 Å². The third-order valence-corrected chi connectivity index (χ3v) is 2.59. The minimum Gasteiger partial charge on any atom is -0.496 e. The first-order chi connectivity index (χ1) is 8.62. The van der Waals surface area contributed by atoms with E-state index >= 15 is 0 Å². The molecule has 0 heterocycles. The van der Waals surface area contributed by atoms with Gasteiger partial charge in [-0.05, 0) is 18.6 Å². The maximum atomic E-state index is 11.0. The van der Waals surface area contributed by atoms with E-state index in [1.54, 1.807) is 14.2 Å². The predicted molar refractivity (Wildman–Crippen MR) is 69.4 cm³/mol. The van der Waals surface area contributed by atoms with Gasteiger partial charge in [0.25, 0.3) is 0 Å². The van der Waals surface area contributed by atoms with Gasteiger partial charge in [-0.15, -0.1) is 0 Å². The van der Waals surface area contributed by atoms with Crippen LogP contribution in [0.25, 0.3) is 0 Å². The first-order valence-electron chi connectivity index (χ1n) is 5.65. The van der Waals surface area contributed by atoms with Crippen molar-refractivity contribution < 1.29 is 19.0 Å². The van der Waals surface area contributed by atoms with E-state index in [4.69, 9.17) is 9.47 Å². The van der Waals surface area contributed by atoms with Gasteiger partial charge in [0, 0.05) is 12.6 Å². The van der Waals surface area contributed by atoms with E-state index in [0.29, 0.717) is 13.0 Å². The fourth-order valence-corrected chi connectivity index (χ4v) is 1.59. The molecule has 100 valence electrons. The molecule has 0 aliphatic carbocycles. The second kappa shape index (κ2) is 6.74. The molecule has 5 nitrogen and oxygen atoms in total. The largest absolute Gasteiger partial charge is 0.496 e. The van der Waals surface area contributed by atoms with Gasteiger partial charge in [-0.2, -0.15) is 0 Å². The molecular weight excluding hydrogens is 234 g/mol. The monoisotopic (exact) mass is 253 g/mol. The molecule has 0 atom stereocenters. The summed E-state index contributed by atoms with van der Waals surface area (Å²) in [5.74, 6) is 1.25. The molecule has 0 radical (unpaired) electrons. The highest BCUT2D eigenvalue weighted by Gasteiger charge is 2.09. The smallest absolute Gasteiger partial charge is 0.307 e. The Bertz CT molecular complexity index is 418. The van der Waals surface area contributed by atoms with Crippen LogP contribution in [0.3, 0.4) is 0 Å². The van der Waals surface area contributed by atoms with Gasteiger partial charge in [0.05, 0.1) is 33.4 Å². The highest BCUT2D eigenvalue weighted by molar-refractivity contribution is 5.70. The van der Waals surface area contributed by atoms with Crippen LogP contribution in [-0.2, 0) is 9.53 Å². The molecule has 5 heteroatoms. The topological polar surface area (TPSA) is 56.8 Å². The Balaban J connectivity index is 2.76. The number of esters is 1. The van der Waals surface area contributed by atoms with E-state index in [9.17, 15) is 4.79 Å². The quantitative estimate of drug-likeness (QED) is 0.786. The van der Waals surface area contributed by atoms with Gasteiger partial charge in [-0.1, -0.05) is 0 Å². The minimum atomic E-state index is -0.249. The van der Waals surface area contributed by atoms with Gasteiger partial charge in [0.15, 0.2) is 0 Å². The van der Waals surface area contributed by atoms with Crippen LogP contribution < -0.4 is 14.8 Å². The maximum absolute atomic E-state index is 11.0. The summed E-state index contributed by atoms with van der Waals surface area (Å²) < 4.78 is 15.1. The number of hydrogen-bond donors (Lipinski definition) is 1. The third kappa shape index (κ3) is 3.55. The molecule has 0 aliphatic heterocycles. The van der Waals surface area contributed by atoms with Gasteiger partial charge >= 0.3 is 5.97 Å². The number of methoxy groups -OCH3 is 3. The number of carbonyl (C=O) groups is 1. The SMILES string of the molecule is COC(=O)CCNc1cc(OC)c(C)cc1OC. The average Bonchev–Trinajstić information content (AvgIpc) is 2.39. The summed E-state index contributed by atoms with van der Waals surface area (Å²) in [7, 11) is 4.59. The van der Waals surface area contributed by atoms with Gasteiger partial charge in [-0.25, -0.2) is 0 Å².